The van der Waals surface area contributed by atoms with Gasteiger partial charge in [-0.15, -0.1) is 0 Å². The van der Waals surface area contributed by atoms with Crippen LogP contribution in [0.2, 0.25) is 0 Å². The molecule has 2 atom stereocenters. The lowest BCUT2D eigenvalue weighted by atomic mass is 10.1. The van der Waals surface area contributed by atoms with Gasteiger partial charge in [0.1, 0.15) is 5.25 Å². The number of carboxylic acid groups (broad SMARTS) is 1. The van der Waals surface area contributed by atoms with Crippen LogP contribution in [-0.4, -0.2) is 83.7 Å². The van der Waals surface area contributed by atoms with E-state index in [0.29, 0.717) is 0 Å². The zero-order valence-electron chi connectivity index (χ0n) is 12.2. The van der Waals surface area contributed by atoms with Gasteiger partial charge in [-0.25, -0.2) is 4.79 Å². The highest BCUT2D eigenvalue weighted by atomic mass is 32.3. The summed E-state index contributed by atoms with van der Waals surface area (Å²) in [7, 11) is -26.4. The molecule has 0 aromatic rings. The minimum absolute atomic E-state index is 1.06. The lowest BCUT2D eigenvalue weighted by molar-refractivity contribution is -0.140. The summed E-state index contributed by atoms with van der Waals surface area (Å²) in [5, 5.41) is 5.33. The third-order valence-corrected chi connectivity index (χ3v) is 10.4. The third-order valence-electron chi connectivity index (χ3n) is 3.22. The maximum atomic E-state index is 11.7. The van der Waals surface area contributed by atoms with Crippen molar-refractivity contribution in [3.63, 3.8) is 0 Å². The Bertz CT molecular complexity index is 960. The molecule has 0 radical (unpaired) electrons. The van der Waals surface area contributed by atoms with E-state index in [-0.39, 0.29) is 0 Å². The summed E-state index contributed by atoms with van der Waals surface area (Å²) in [4.78, 5) is 6.19. The molecule has 0 aromatic carbocycles. The molecule has 0 amide bonds. The smallest absolute Gasteiger partial charge is 0.345 e. The molecule has 0 aliphatic heterocycles. The van der Waals surface area contributed by atoms with Gasteiger partial charge < -0.3 is 10.8 Å². The van der Waals surface area contributed by atoms with Crippen molar-refractivity contribution in [1.29, 1.82) is 0 Å². The summed E-state index contributed by atoms with van der Waals surface area (Å²) in [6.45, 7) is -1.06. The van der Waals surface area contributed by atoms with Crippen molar-refractivity contribution in [3.8, 4) is 0 Å². The first-order valence-corrected chi connectivity index (χ1v) is 11.6. The fourth-order valence-corrected chi connectivity index (χ4v) is 9.65. The minimum Gasteiger partial charge on any atom is -0.479 e. The maximum absolute atomic E-state index is 11.7. The molecule has 9 N–H and O–H groups in total. The number of carbonyl (C=O) groups is 1. The predicted octanol–water partition coefficient (Wildman–Crippen LogP) is -4.31. The number of hydrogen-bond donors (Lipinski definition) is 7. The zero-order chi connectivity index (χ0) is 21.6. The molecule has 0 saturated heterocycles. The third kappa shape index (κ3) is 3.56. The maximum Gasteiger partial charge on any atom is 0.345 e. The van der Waals surface area contributed by atoms with Gasteiger partial charge in [-0.05, 0) is 13.0 Å². The highest BCUT2D eigenvalue weighted by molar-refractivity contribution is 8.08. The molecule has 0 rings (SSSR count). The van der Waals surface area contributed by atoms with Crippen molar-refractivity contribution in [2.75, 3.05) is 6.54 Å². The van der Waals surface area contributed by atoms with E-state index in [4.69, 9.17) is 25.7 Å². The Kier molecular flexibility index (Phi) is 6.63. The van der Waals surface area contributed by atoms with Crippen molar-refractivity contribution in [3.05, 3.63) is 0 Å². The largest absolute Gasteiger partial charge is 0.479 e. The Morgan fingerprint density at radius 1 is 0.846 bits per heavy atom. The van der Waals surface area contributed by atoms with E-state index >= 15 is 0 Å². The highest BCUT2D eigenvalue weighted by Gasteiger charge is 2.82. The minimum atomic E-state index is -6.85. The lowest BCUT2D eigenvalue weighted by Gasteiger charge is -2.41. The quantitative estimate of drug-likeness (QED) is 0.158. The van der Waals surface area contributed by atoms with E-state index in [1.54, 1.807) is 0 Å². The fourth-order valence-electron chi connectivity index (χ4n) is 2.21. The average molecular weight is 466 g/mol. The van der Waals surface area contributed by atoms with Crippen molar-refractivity contribution in [1.82, 2.24) is 0 Å². The lowest BCUT2D eigenvalue weighted by Crippen LogP contribution is -2.80. The molecule has 16 nitrogen and oxygen atoms in total. The van der Waals surface area contributed by atoms with Gasteiger partial charge in [0.2, 0.25) is 0 Å². The normalized spacial score (nSPS) is 18.1. The summed E-state index contributed by atoms with van der Waals surface area (Å²) in [6.07, 6.45) is -1.56. The number of rotatable bonds is 9. The van der Waals surface area contributed by atoms with E-state index in [0.717, 1.165) is 0 Å². The molecular weight excluding hydrogens is 452 g/mol. The zero-order valence-corrected chi connectivity index (χ0v) is 15.5. The Hall–Kier alpha value is -0.970. The summed E-state index contributed by atoms with van der Waals surface area (Å²) in [5.41, 5.74) is 9.67. The van der Waals surface area contributed by atoms with Gasteiger partial charge in [0.15, 0.2) is 0 Å². The van der Waals surface area contributed by atoms with Gasteiger partial charge >= 0.3 is 5.97 Å². The van der Waals surface area contributed by atoms with Crippen LogP contribution >= 0.6 is 0 Å². The SMILES string of the molecule is NCCC(C(C(N)(C(=O)O)S(=O)(=O)O)(S(=O)(=O)O)S(=O)(=O)O)S(=O)(=O)O. The number of hydrogen-bond acceptors (Lipinski definition) is 11. The molecule has 2 unspecified atom stereocenters. The van der Waals surface area contributed by atoms with Gasteiger partial charge in [0.25, 0.3) is 49.4 Å². The monoisotopic (exact) mass is 466 g/mol. The summed E-state index contributed by atoms with van der Waals surface area (Å²) >= 11 is 0. The molecule has 156 valence electrons. The second kappa shape index (κ2) is 6.88. The molecule has 0 saturated carbocycles. The Morgan fingerprint density at radius 3 is 1.35 bits per heavy atom. The van der Waals surface area contributed by atoms with Crippen molar-refractivity contribution in [2.45, 2.75) is 20.6 Å². The molecule has 0 aromatic heterocycles. The van der Waals surface area contributed by atoms with Crippen LogP contribution in [0, 0.1) is 0 Å². The number of carboxylic acids is 1. The first-order valence-electron chi connectivity index (χ1n) is 5.73. The van der Waals surface area contributed by atoms with E-state index in [1.165, 1.54) is 0 Å². The molecule has 0 aliphatic carbocycles. The van der Waals surface area contributed by atoms with Gasteiger partial charge in [0, 0.05) is 0 Å². The molecule has 0 heterocycles. The number of nitrogens with two attached hydrogens (primary N) is 2. The molecular formula is C6H14N2O14S4. The van der Waals surface area contributed by atoms with Gasteiger partial charge in [0.05, 0.1) is 0 Å². The second-order valence-corrected chi connectivity index (χ2v) is 11.4. The molecule has 0 spiro atoms. The molecule has 0 fully saturated rings. The van der Waals surface area contributed by atoms with Crippen LogP contribution in [0.15, 0.2) is 0 Å². The van der Waals surface area contributed by atoms with Crippen LogP contribution in [0.5, 0.6) is 0 Å². The van der Waals surface area contributed by atoms with Crippen LogP contribution in [0.4, 0.5) is 0 Å². The molecule has 0 bridgehead atoms. The first-order chi connectivity index (χ1) is 11.1. The summed E-state index contributed by atoms with van der Waals surface area (Å²) in [6, 6.07) is 0. The first kappa shape index (κ1) is 25.0. The summed E-state index contributed by atoms with van der Waals surface area (Å²) in [5.74, 6) is -3.22. The summed E-state index contributed by atoms with van der Waals surface area (Å²) < 4.78 is 124. The van der Waals surface area contributed by atoms with Crippen LogP contribution in [0.3, 0.4) is 0 Å². The van der Waals surface area contributed by atoms with Crippen molar-refractivity contribution < 1.29 is 61.8 Å². The fraction of sp³-hybridized carbons (Fsp3) is 0.833. The van der Waals surface area contributed by atoms with Crippen LogP contribution < -0.4 is 11.5 Å². The Morgan fingerprint density at radius 2 is 1.19 bits per heavy atom. The molecule has 0 aliphatic rings. The number of aliphatic carboxylic acids is 1. The molecule has 26 heavy (non-hydrogen) atoms. The Balaban J connectivity index is 8.17. The van der Waals surface area contributed by atoms with E-state index in [1.807, 2.05) is 0 Å². The highest BCUT2D eigenvalue weighted by Crippen LogP contribution is 2.44. The van der Waals surface area contributed by atoms with Crippen molar-refractivity contribution in [2.24, 2.45) is 11.5 Å². The standard InChI is InChI=1S/C6H14N2O14S4/c7-2-1-3(23(11,12)13)6(25(17,18)19,26(20,21)22)5(8,4(9)10)24(14,15)16/h3H,1-2,7-8H2,(H,9,10)(H,11,12,13)(H,14,15,16)(H,17,18,19)(H,20,21,22). The van der Waals surface area contributed by atoms with Crippen LogP contribution in [-0.2, 0) is 45.3 Å². The van der Waals surface area contributed by atoms with Gasteiger partial charge in [-0.1, -0.05) is 0 Å². The van der Waals surface area contributed by atoms with Gasteiger partial charge in [-0.2, -0.15) is 33.7 Å². The van der Waals surface area contributed by atoms with Crippen LogP contribution in [0.25, 0.3) is 0 Å². The second-order valence-electron chi connectivity index (χ2n) is 4.71. The topological polar surface area (TPSA) is 307 Å². The van der Waals surface area contributed by atoms with Crippen LogP contribution in [0.1, 0.15) is 6.42 Å². The van der Waals surface area contributed by atoms with E-state index in [2.05, 4.69) is 0 Å². The average Bonchev–Trinajstić information content (AvgIpc) is 2.31. The Labute approximate surface area is 147 Å². The van der Waals surface area contributed by atoms with E-state index in [9.17, 15) is 47.6 Å². The molecule has 20 heteroatoms. The van der Waals surface area contributed by atoms with Crippen molar-refractivity contribution >= 4 is 46.4 Å². The predicted molar refractivity (Wildman–Crippen MR) is 80.9 cm³/mol. The van der Waals surface area contributed by atoms with Gasteiger partial charge in [-0.3, -0.25) is 23.9 Å². The van der Waals surface area contributed by atoms with E-state index < -0.39 is 73.6 Å².